The lowest BCUT2D eigenvalue weighted by Gasteiger charge is -2.28. The van der Waals surface area contributed by atoms with Crippen LogP contribution in [0.1, 0.15) is 29.5 Å². The molecule has 0 unspecified atom stereocenters. The van der Waals surface area contributed by atoms with Crippen molar-refractivity contribution in [2.75, 3.05) is 12.4 Å². The molecule has 2 aromatic heterocycles. The van der Waals surface area contributed by atoms with Crippen LogP contribution < -0.4 is 10.9 Å². The van der Waals surface area contributed by atoms with Gasteiger partial charge in [0.1, 0.15) is 5.82 Å². The minimum atomic E-state index is -0.688. The summed E-state index contributed by atoms with van der Waals surface area (Å²) in [4.78, 5) is 47.5. The van der Waals surface area contributed by atoms with Crippen LogP contribution in [0.5, 0.6) is 0 Å². The first-order valence-electron chi connectivity index (χ1n) is 9.85. The van der Waals surface area contributed by atoms with Gasteiger partial charge in [-0.25, -0.2) is 9.78 Å². The summed E-state index contributed by atoms with van der Waals surface area (Å²) in [6, 6.07) is 9.71. The van der Waals surface area contributed by atoms with E-state index in [9.17, 15) is 19.7 Å². The number of thioether (sulfide) groups is 1. The van der Waals surface area contributed by atoms with Crippen molar-refractivity contribution < 1.29 is 14.5 Å². The van der Waals surface area contributed by atoms with E-state index >= 15 is 0 Å². The second-order valence-corrected chi connectivity index (χ2v) is 8.18. The normalized spacial score (nSPS) is 14.9. The Kier molecular flexibility index (Phi) is 6.22. The van der Waals surface area contributed by atoms with E-state index in [1.54, 1.807) is 43.6 Å². The molecule has 3 heterocycles. The number of hydrogen-bond donors (Lipinski definition) is 2. The number of allylic oxidation sites excluding steroid dienone is 1. The fourth-order valence-corrected chi connectivity index (χ4v) is 4.44. The zero-order valence-corrected chi connectivity index (χ0v) is 18.5. The van der Waals surface area contributed by atoms with Crippen LogP contribution in [0, 0.1) is 10.1 Å². The summed E-state index contributed by atoms with van der Waals surface area (Å²) in [5, 5.41) is 14.3. The molecule has 0 saturated heterocycles. The lowest BCUT2D eigenvalue weighted by molar-refractivity contribution is -0.384. The number of nitro groups is 1. The topological polar surface area (TPSA) is 140 Å². The first-order valence-corrected chi connectivity index (χ1v) is 10.8. The summed E-state index contributed by atoms with van der Waals surface area (Å²) in [6.45, 7) is 1.73. The van der Waals surface area contributed by atoms with Crippen LogP contribution >= 0.6 is 11.8 Å². The Bertz CT molecular complexity index is 1310. The number of nitrogens with one attached hydrogen (secondary N) is 2. The van der Waals surface area contributed by atoms with Crippen molar-refractivity contribution in [1.82, 2.24) is 15.0 Å². The van der Waals surface area contributed by atoms with E-state index in [1.807, 2.05) is 0 Å². The summed E-state index contributed by atoms with van der Waals surface area (Å²) in [5.74, 6) is -0.430. The lowest BCUT2D eigenvalue weighted by Crippen LogP contribution is -2.31. The number of H-pyrrole nitrogens is 1. The summed E-state index contributed by atoms with van der Waals surface area (Å²) >= 11 is 1.29. The molecule has 1 aromatic carbocycles. The number of hydrogen-bond acceptors (Lipinski definition) is 9. The van der Waals surface area contributed by atoms with E-state index in [4.69, 9.17) is 4.74 Å². The van der Waals surface area contributed by atoms with Crippen molar-refractivity contribution in [3.05, 3.63) is 97.2 Å². The molecule has 0 fully saturated rings. The third-order valence-electron chi connectivity index (χ3n) is 5.17. The van der Waals surface area contributed by atoms with Crippen molar-refractivity contribution in [3.8, 4) is 0 Å². The van der Waals surface area contributed by atoms with E-state index in [1.165, 1.54) is 31.0 Å². The Morgan fingerprint density at radius 3 is 2.67 bits per heavy atom. The fraction of sp³-hybridized carbons (Fsp3) is 0.182. The molecule has 0 radical (unpaired) electrons. The van der Waals surface area contributed by atoms with Crippen molar-refractivity contribution in [1.29, 1.82) is 0 Å². The van der Waals surface area contributed by atoms with Gasteiger partial charge >= 0.3 is 5.97 Å². The van der Waals surface area contributed by atoms with Crippen LogP contribution in [0.3, 0.4) is 0 Å². The molecule has 0 amide bonds. The Balaban J connectivity index is 1.68. The molecule has 4 rings (SSSR count). The van der Waals surface area contributed by atoms with Gasteiger partial charge in [-0.05, 0) is 24.1 Å². The van der Waals surface area contributed by atoms with Gasteiger partial charge in [0.25, 0.3) is 11.2 Å². The van der Waals surface area contributed by atoms with Gasteiger partial charge in [-0.1, -0.05) is 30.0 Å². The third kappa shape index (κ3) is 4.48. The summed E-state index contributed by atoms with van der Waals surface area (Å²) in [5.41, 5.74) is 2.28. The zero-order valence-electron chi connectivity index (χ0n) is 17.7. The second-order valence-electron chi connectivity index (χ2n) is 7.22. The molecule has 1 aliphatic rings. The minimum Gasteiger partial charge on any atom is -0.466 e. The molecular formula is C22H19N5O5S. The first kappa shape index (κ1) is 22.2. The van der Waals surface area contributed by atoms with Crippen LogP contribution in [-0.2, 0) is 15.3 Å². The van der Waals surface area contributed by atoms with Gasteiger partial charge in [0.15, 0.2) is 5.16 Å². The van der Waals surface area contributed by atoms with Crippen molar-refractivity contribution >= 4 is 29.2 Å². The Morgan fingerprint density at radius 1 is 1.27 bits per heavy atom. The van der Waals surface area contributed by atoms with Gasteiger partial charge in [-0.3, -0.25) is 19.9 Å². The van der Waals surface area contributed by atoms with Crippen LogP contribution in [0.2, 0.25) is 0 Å². The van der Waals surface area contributed by atoms with Gasteiger partial charge in [-0.15, -0.1) is 0 Å². The second kappa shape index (κ2) is 9.25. The summed E-state index contributed by atoms with van der Waals surface area (Å²) < 4.78 is 4.97. The number of benzene rings is 1. The number of nitro benzene ring substituents is 1. The number of non-ortho nitro benzene ring substituents is 1. The highest BCUT2D eigenvalue weighted by Crippen LogP contribution is 2.39. The number of carbonyl (C=O) groups is 1. The van der Waals surface area contributed by atoms with Crippen molar-refractivity contribution in [3.63, 3.8) is 0 Å². The number of methoxy groups -OCH3 is 1. The Morgan fingerprint density at radius 2 is 2.03 bits per heavy atom. The lowest BCUT2D eigenvalue weighted by atomic mass is 9.83. The minimum absolute atomic E-state index is 0.0124. The van der Waals surface area contributed by atoms with Gasteiger partial charge in [-0.2, -0.15) is 0 Å². The molecule has 10 nitrogen and oxygen atoms in total. The molecule has 3 aromatic rings. The van der Waals surface area contributed by atoms with Gasteiger partial charge in [0.05, 0.1) is 29.1 Å². The average Bonchev–Trinajstić information content (AvgIpc) is 2.82. The van der Waals surface area contributed by atoms with Crippen molar-refractivity contribution in [2.45, 2.75) is 23.8 Å². The molecule has 0 aliphatic carbocycles. The van der Waals surface area contributed by atoms with Gasteiger partial charge in [0.2, 0.25) is 0 Å². The number of esters is 1. The van der Waals surface area contributed by atoms with Gasteiger partial charge < -0.3 is 15.0 Å². The fourth-order valence-electron chi connectivity index (χ4n) is 3.63. The summed E-state index contributed by atoms with van der Waals surface area (Å²) in [7, 11) is 1.29. The number of fused-ring (bicyclic) bond motifs is 1. The predicted octanol–water partition coefficient (Wildman–Crippen LogP) is 3.37. The molecule has 33 heavy (non-hydrogen) atoms. The number of pyridine rings is 1. The molecule has 0 spiro atoms. The largest absolute Gasteiger partial charge is 0.466 e. The van der Waals surface area contributed by atoms with E-state index in [2.05, 4.69) is 20.3 Å². The smallest absolute Gasteiger partial charge is 0.336 e. The first-order chi connectivity index (χ1) is 15.9. The van der Waals surface area contributed by atoms with Gasteiger partial charge in [0, 0.05) is 36.0 Å². The number of nitrogens with zero attached hydrogens (tertiary/aromatic N) is 3. The van der Waals surface area contributed by atoms with E-state index in [0.29, 0.717) is 39.1 Å². The summed E-state index contributed by atoms with van der Waals surface area (Å²) in [6.07, 6.45) is 3.22. The number of aromatic nitrogens is 3. The molecule has 11 heteroatoms. The highest BCUT2D eigenvalue weighted by Gasteiger charge is 2.36. The number of ether oxygens (including phenoxy) is 1. The maximum atomic E-state index is 13.1. The van der Waals surface area contributed by atoms with Crippen LogP contribution in [0.4, 0.5) is 11.5 Å². The zero-order chi connectivity index (χ0) is 23.5. The van der Waals surface area contributed by atoms with Crippen molar-refractivity contribution in [2.24, 2.45) is 0 Å². The number of carbonyl (C=O) groups excluding carboxylic acids is 1. The Hall–Kier alpha value is -3.99. The van der Waals surface area contributed by atoms with Crippen LogP contribution in [0.15, 0.2) is 70.0 Å². The highest BCUT2D eigenvalue weighted by molar-refractivity contribution is 7.98. The number of rotatable bonds is 6. The monoisotopic (exact) mass is 465 g/mol. The number of aromatic amines is 1. The molecule has 1 aliphatic heterocycles. The Labute approximate surface area is 192 Å². The molecule has 0 bridgehead atoms. The third-order valence-corrected chi connectivity index (χ3v) is 6.11. The maximum Gasteiger partial charge on any atom is 0.336 e. The molecular weight excluding hydrogens is 446 g/mol. The average molecular weight is 465 g/mol. The van der Waals surface area contributed by atoms with E-state index in [0.717, 1.165) is 5.56 Å². The molecule has 168 valence electrons. The highest BCUT2D eigenvalue weighted by atomic mass is 32.2. The van der Waals surface area contributed by atoms with Crippen LogP contribution in [-0.4, -0.2) is 33.0 Å². The molecule has 1 atom stereocenters. The standard InChI is InChI=1S/C22H19N5O5S/c1-12-16(21(29)32-2)17(14-4-3-9-23-10-14)18-19(24-12)25-22(26-20(18)28)33-11-13-5-7-15(8-6-13)27(30)31/h3-10,17H,11H2,1-2H3,(H2,24,25,26,28)/t17-/m1/s1. The SMILES string of the molecule is COC(=O)C1=C(C)Nc2nc(SCc3ccc([N+](=O)[O-])cc3)[nH]c(=O)c2[C@@H]1c1cccnc1. The predicted molar refractivity (Wildman–Crippen MR) is 122 cm³/mol. The number of anilines is 1. The van der Waals surface area contributed by atoms with E-state index < -0.39 is 16.8 Å². The van der Waals surface area contributed by atoms with E-state index in [-0.39, 0.29) is 11.2 Å². The maximum absolute atomic E-state index is 13.1. The quantitative estimate of drug-likeness (QED) is 0.184. The molecule has 2 N–H and O–H groups in total. The molecule has 0 saturated carbocycles. The van der Waals surface area contributed by atoms with Crippen LogP contribution in [0.25, 0.3) is 0 Å².